The van der Waals surface area contributed by atoms with Crippen molar-refractivity contribution in [2.75, 3.05) is 38.1 Å². The van der Waals surface area contributed by atoms with Crippen molar-refractivity contribution in [2.45, 2.75) is 51.6 Å². The molecule has 4 rings (SSSR count). The Morgan fingerprint density at radius 1 is 0.971 bits per heavy atom. The number of amides is 1. The standard InChI is InChI=1S/C27H37N5O.HI/c1-21(24-9-8-10-25(19-24)31-15-6-7-16-31)30-27(28-2)29-20-22-11-13-23(14-12-22)26(33)32-17-4-3-5-18-32;/h8-14,19,21H,3-7,15-18,20H2,1-2H3,(H2,28,29,30);1H. The van der Waals surface area contributed by atoms with E-state index in [0.29, 0.717) is 6.54 Å². The van der Waals surface area contributed by atoms with Gasteiger partial charge in [0, 0.05) is 51.0 Å². The minimum absolute atomic E-state index is 0. The van der Waals surface area contributed by atoms with Crippen molar-refractivity contribution in [2.24, 2.45) is 4.99 Å². The lowest BCUT2D eigenvalue weighted by atomic mass is 10.1. The first-order valence-corrected chi connectivity index (χ1v) is 12.3. The summed E-state index contributed by atoms with van der Waals surface area (Å²) in [6, 6.07) is 16.9. The third-order valence-corrected chi connectivity index (χ3v) is 6.72. The number of carbonyl (C=O) groups excluding carboxylic acids is 1. The summed E-state index contributed by atoms with van der Waals surface area (Å²) in [7, 11) is 1.79. The number of hydrogen-bond acceptors (Lipinski definition) is 3. The van der Waals surface area contributed by atoms with Crippen LogP contribution in [0.4, 0.5) is 5.69 Å². The third kappa shape index (κ3) is 6.87. The molecule has 0 spiro atoms. The topological polar surface area (TPSA) is 60.0 Å². The zero-order chi connectivity index (χ0) is 23.0. The summed E-state index contributed by atoms with van der Waals surface area (Å²) in [5.74, 6) is 0.916. The fourth-order valence-electron chi connectivity index (χ4n) is 4.68. The zero-order valence-electron chi connectivity index (χ0n) is 20.4. The molecule has 184 valence electrons. The highest BCUT2D eigenvalue weighted by Gasteiger charge is 2.18. The van der Waals surface area contributed by atoms with E-state index >= 15 is 0 Å². The molecule has 2 fully saturated rings. The van der Waals surface area contributed by atoms with Crippen molar-refractivity contribution < 1.29 is 4.79 Å². The Kier molecular flexibility index (Phi) is 10.0. The molecule has 2 aromatic carbocycles. The van der Waals surface area contributed by atoms with Gasteiger partial charge in [-0.1, -0.05) is 24.3 Å². The van der Waals surface area contributed by atoms with Gasteiger partial charge in [-0.3, -0.25) is 9.79 Å². The van der Waals surface area contributed by atoms with Crippen LogP contribution in [0.15, 0.2) is 53.5 Å². The summed E-state index contributed by atoms with van der Waals surface area (Å²) < 4.78 is 0. The minimum Gasteiger partial charge on any atom is -0.372 e. The quantitative estimate of drug-likeness (QED) is 0.291. The number of benzene rings is 2. The van der Waals surface area contributed by atoms with Crippen molar-refractivity contribution in [1.29, 1.82) is 0 Å². The van der Waals surface area contributed by atoms with Crippen LogP contribution in [0.5, 0.6) is 0 Å². The van der Waals surface area contributed by atoms with Gasteiger partial charge in [-0.05, 0) is 74.4 Å². The van der Waals surface area contributed by atoms with E-state index in [2.05, 4.69) is 51.7 Å². The number of nitrogens with zero attached hydrogens (tertiary/aromatic N) is 3. The third-order valence-electron chi connectivity index (χ3n) is 6.72. The molecule has 2 N–H and O–H groups in total. The number of aliphatic imine (C=N–C) groups is 1. The lowest BCUT2D eigenvalue weighted by Crippen LogP contribution is -2.38. The number of anilines is 1. The normalized spacial score (nSPS) is 17.2. The highest BCUT2D eigenvalue weighted by molar-refractivity contribution is 14.0. The van der Waals surface area contributed by atoms with Crippen molar-refractivity contribution >= 4 is 41.5 Å². The maximum atomic E-state index is 12.7. The average Bonchev–Trinajstić information content (AvgIpc) is 3.42. The first-order chi connectivity index (χ1) is 16.1. The molecule has 0 saturated carbocycles. The average molecular weight is 576 g/mol. The molecular formula is C27H38IN5O. The highest BCUT2D eigenvalue weighted by atomic mass is 127. The zero-order valence-corrected chi connectivity index (χ0v) is 22.8. The van der Waals surface area contributed by atoms with E-state index in [4.69, 9.17) is 0 Å². The van der Waals surface area contributed by atoms with Crippen LogP contribution in [-0.4, -0.2) is 50.0 Å². The molecule has 2 aliphatic heterocycles. The molecular weight excluding hydrogens is 537 g/mol. The van der Waals surface area contributed by atoms with Gasteiger partial charge in [0.1, 0.15) is 0 Å². The van der Waals surface area contributed by atoms with Crippen LogP contribution in [0.3, 0.4) is 0 Å². The summed E-state index contributed by atoms with van der Waals surface area (Å²) in [5, 5.41) is 6.90. The Hall–Kier alpha value is -2.29. The summed E-state index contributed by atoms with van der Waals surface area (Å²) in [6.07, 6.45) is 6.01. The van der Waals surface area contributed by atoms with Crippen LogP contribution in [0, 0.1) is 0 Å². The van der Waals surface area contributed by atoms with E-state index in [1.54, 1.807) is 7.05 Å². The maximum absolute atomic E-state index is 12.7. The molecule has 2 saturated heterocycles. The number of nitrogens with one attached hydrogen (secondary N) is 2. The largest absolute Gasteiger partial charge is 0.372 e. The monoisotopic (exact) mass is 575 g/mol. The fraction of sp³-hybridized carbons (Fsp3) is 0.481. The van der Waals surface area contributed by atoms with Crippen molar-refractivity contribution in [3.63, 3.8) is 0 Å². The van der Waals surface area contributed by atoms with Gasteiger partial charge >= 0.3 is 0 Å². The molecule has 2 heterocycles. The number of likely N-dealkylation sites (tertiary alicyclic amines) is 1. The Balaban J connectivity index is 0.00000324. The van der Waals surface area contributed by atoms with Gasteiger partial charge in [0.2, 0.25) is 0 Å². The number of hydrogen-bond donors (Lipinski definition) is 2. The number of halogens is 1. The summed E-state index contributed by atoms with van der Waals surface area (Å²) in [5.41, 5.74) is 4.45. The first kappa shape index (κ1) is 26.3. The van der Waals surface area contributed by atoms with Crippen molar-refractivity contribution in [3.8, 4) is 0 Å². The van der Waals surface area contributed by atoms with Crippen LogP contribution in [0.1, 0.15) is 66.6 Å². The second-order valence-corrected chi connectivity index (χ2v) is 9.13. The minimum atomic E-state index is 0. The molecule has 7 heteroatoms. The molecule has 1 atom stereocenters. The summed E-state index contributed by atoms with van der Waals surface area (Å²) in [4.78, 5) is 21.5. The molecule has 0 radical (unpaired) electrons. The van der Waals surface area contributed by atoms with Gasteiger partial charge in [-0.2, -0.15) is 0 Å². The summed E-state index contributed by atoms with van der Waals surface area (Å²) >= 11 is 0. The number of piperidine rings is 1. The Labute approximate surface area is 221 Å². The van der Waals surface area contributed by atoms with E-state index in [9.17, 15) is 4.79 Å². The molecule has 0 aliphatic carbocycles. The van der Waals surface area contributed by atoms with Crippen LogP contribution in [-0.2, 0) is 6.54 Å². The van der Waals surface area contributed by atoms with Crippen molar-refractivity contribution in [3.05, 3.63) is 65.2 Å². The molecule has 2 aromatic rings. The fourth-order valence-corrected chi connectivity index (χ4v) is 4.68. The van der Waals surface area contributed by atoms with Crippen LogP contribution in [0.25, 0.3) is 0 Å². The highest BCUT2D eigenvalue weighted by Crippen LogP contribution is 2.24. The lowest BCUT2D eigenvalue weighted by molar-refractivity contribution is 0.0724. The second kappa shape index (κ2) is 13.0. The van der Waals surface area contributed by atoms with E-state index in [0.717, 1.165) is 56.1 Å². The van der Waals surface area contributed by atoms with E-state index in [1.165, 1.54) is 30.5 Å². The SMILES string of the molecule is CN=C(NCc1ccc(C(=O)N2CCCCC2)cc1)NC(C)c1cccc(N2CCCC2)c1.I. The van der Waals surface area contributed by atoms with Gasteiger partial charge in [0.25, 0.3) is 5.91 Å². The number of carbonyl (C=O) groups is 1. The Morgan fingerprint density at radius 3 is 2.32 bits per heavy atom. The molecule has 0 bridgehead atoms. The second-order valence-electron chi connectivity index (χ2n) is 9.13. The molecule has 0 aromatic heterocycles. The van der Waals surface area contributed by atoms with Crippen LogP contribution in [0.2, 0.25) is 0 Å². The van der Waals surface area contributed by atoms with Gasteiger partial charge in [-0.25, -0.2) is 0 Å². The lowest BCUT2D eigenvalue weighted by Gasteiger charge is -2.26. The van der Waals surface area contributed by atoms with Crippen molar-refractivity contribution in [1.82, 2.24) is 15.5 Å². The van der Waals surface area contributed by atoms with E-state index in [1.807, 2.05) is 29.2 Å². The predicted molar refractivity (Wildman–Crippen MR) is 151 cm³/mol. The molecule has 1 amide bonds. The molecule has 6 nitrogen and oxygen atoms in total. The Morgan fingerprint density at radius 2 is 1.65 bits per heavy atom. The van der Waals surface area contributed by atoms with Gasteiger partial charge in [-0.15, -0.1) is 24.0 Å². The van der Waals surface area contributed by atoms with Crippen LogP contribution >= 0.6 is 24.0 Å². The number of guanidine groups is 1. The van der Waals surface area contributed by atoms with E-state index < -0.39 is 0 Å². The molecule has 2 aliphatic rings. The predicted octanol–water partition coefficient (Wildman–Crippen LogP) is 4.96. The number of rotatable bonds is 6. The molecule has 34 heavy (non-hydrogen) atoms. The summed E-state index contributed by atoms with van der Waals surface area (Å²) in [6.45, 7) is 6.87. The molecule has 1 unspecified atom stereocenters. The maximum Gasteiger partial charge on any atom is 0.253 e. The van der Waals surface area contributed by atoms with Gasteiger partial charge in [0.15, 0.2) is 5.96 Å². The van der Waals surface area contributed by atoms with Crippen LogP contribution < -0.4 is 15.5 Å². The van der Waals surface area contributed by atoms with Gasteiger partial charge < -0.3 is 20.4 Å². The van der Waals surface area contributed by atoms with Gasteiger partial charge in [0.05, 0.1) is 6.04 Å². The Bertz CT molecular complexity index is 950. The smallest absolute Gasteiger partial charge is 0.253 e. The first-order valence-electron chi connectivity index (χ1n) is 12.3. The van der Waals surface area contributed by atoms with E-state index in [-0.39, 0.29) is 35.9 Å².